The van der Waals surface area contributed by atoms with Crippen LogP contribution in [0, 0.1) is 5.92 Å². The molecule has 2 rings (SSSR count). The predicted molar refractivity (Wildman–Crippen MR) is 106 cm³/mol. The molecule has 1 unspecified atom stereocenters. The van der Waals surface area contributed by atoms with Gasteiger partial charge in [-0.15, -0.1) is 0 Å². The Morgan fingerprint density at radius 1 is 1.42 bits per heavy atom. The van der Waals surface area contributed by atoms with Crippen molar-refractivity contribution in [1.29, 1.82) is 0 Å². The second kappa shape index (κ2) is 8.92. The minimum absolute atomic E-state index is 0.242. The third kappa shape index (κ3) is 6.58. The fraction of sp³-hybridized carbons (Fsp3) is 0.600. The number of hydrogen-bond donors (Lipinski definition) is 2. The van der Waals surface area contributed by atoms with Crippen LogP contribution in [0.4, 0.5) is 10.5 Å². The summed E-state index contributed by atoms with van der Waals surface area (Å²) in [5.74, 6) is 0.714. The monoisotopic (exact) mass is 360 g/mol. The number of carbonyl (C=O) groups excluding carboxylic acids is 1. The van der Waals surface area contributed by atoms with Gasteiger partial charge in [-0.2, -0.15) is 0 Å². The van der Waals surface area contributed by atoms with E-state index < -0.39 is 5.60 Å². The van der Waals surface area contributed by atoms with Crippen molar-refractivity contribution in [3.05, 3.63) is 29.8 Å². The summed E-state index contributed by atoms with van der Waals surface area (Å²) in [5, 5.41) is 3.14. The molecule has 1 aliphatic rings. The van der Waals surface area contributed by atoms with Crippen LogP contribution < -0.4 is 11.1 Å². The highest BCUT2D eigenvalue weighted by Gasteiger charge is 2.27. The van der Waals surface area contributed by atoms with Gasteiger partial charge in [-0.05, 0) is 63.6 Å². The van der Waals surface area contributed by atoms with Crippen molar-refractivity contribution in [1.82, 2.24) is 4.90 Å². The summed E-state index contributed by atoms with van der Waals surface area (Å²) in [5.41, 5.74) is 7.76. The van der Waals surface area contributed by atoms with Gasteiger partial charge in [0, 0.05) is 25.3 Å². The molecule has 3 N–H and O–H groups in total. The fourth-order valence-electron chi connectivity index (χ4n) is 2.99. The Morgan fingerprint density at radius 2 is 2.19 bits per heavy atom. The number of nitrogens with one attached hydrogen (secondary N) is 1. The first-order valence-electron chi connectivity index (χ1n) is 9.40. The van der Waals surface area contributed by atoms with E-state index in [-0.39, 0.29) is 6.09 Å². The molecule has 1 atom stereocenters. The number of hydrogen-bond acceptors (Lipinski definition) is 3. The molecule has 0 aliphatic carbocycles. The molecule has 0 aromatic heterocycles. The molecule has 26 heavy (non-hydrogen) atoms. The van der Waals surface area contributed by atoms with Crippen molar-refractivity contribution in [3.63, 3.8) is 0 Å². The second-order valence-corrected chi connectivity index (χ2v) is 7.84. The van der Waals surface area contributed by atoms with E-state index in [4.69, 9.17) is 10.5 Å². The number of anilines is 1. The topological polar surface area (TPSA) is 80.0 Å². The minimum Gasteiger partial charge on any atom is -0.444 e. The summed E-state index contributed by atoms with van der Waals surface area (Å²) in [4.78, 5) is 18.5. The van der Waals surface area contributed by atoms with Gasteiger partial charge in [-0.1, -0.05) is 19.1 Å². The van der Waals surface area contributed by atoms with Gasteiger partial charge in [-0.3, -0.25) is 4.99 Å². The largest absolute Gasteiger partial charge is 0.444 e. The van der Waals surface area contributed by atoms with Gasteiger partial charge in [0.25, 0.3) is 0 Å². The maximum Gasteiger partial charge on any atom is 0.410 e. The fourth-order valence-corrected chi connectivity index (χ4v) is 2.99. The van der Waals surface area contributed by atoms with Crippen LogP contribution in [0.15, 0.2) is 29.3 Å². The summed E-state index contributed by atoms with van der Waals surface area (Å²) in [7, 11) is 0. The van der Waals surface area contributed by atoms with Gasteiger partial charge in [0.15, 0.2) is 5.96 Å². The highest BCUT2D eigenvalue weighted by Crippen LogP contribution is 2.19. The highest BCUT2D eigenvalue weighted by atomic mass is 16.6. The minimum atomic E-state index is -0.469. The quantitative estimate of drug-likeness (QED) is 0.635. The number of piperidine rings is 1. The van der Waals surface area contributed by atoms with Gasteiger partial charge in [0.05, 0.1) is 0 Å². The lowest BCUT2D eigenvalue weighted by atomic mass is 9.98. The van der Waals surface area contributed by atoms with E-state index in [1.54, 1.807) is 4.90 Å². The molecular weight excluding hydrogens is 328 g/mol. The van der Waals surface area contributed by atoms with E-state index in [0.717, 1.165) is 31.5 Å². The predicted octanol–water partition coefficient (Wildman–Crippen LogP) is 3.62. The normalized spacial score (nSPS) is 18.5. The third-order valence-electron chi connectivity index (χ3n) is 4.30. The Morgan fingerprint density at radius 3 is 2.88 bits per heavy atom. The second-order valence-electron chi connectivity index (χ2n) is 7.84. The first-order valence-corrected chi connectivity index (χ1v) is 9.40. The van der Waals surface area contributed by atoms with E-state index in [0.29, 0.717) is 25.0 Å². The molecule has 0 spiro atoms. The number of ether oxygens (including phenoxy) is 1. The average Bonchev–Trinajstić information content (AvgIpc) is 2.59. The molecule has 1 aromatic carbocycles. The molecule has 1 saturated heterocycles. The third-order valence-corrected chi connectivity index (χ3v) is 4.30. The zero-order valence-corrected chi connectivity index (χ0v) is 16.4. The van der Waals surface area contributed by atoms with E-state index >= 15 is 0 Å². The summed E-state index contributed by atoms with van der Waals surface area (Å²) in [6.45, 7) is 9.79. The number of aliphatic imine (C=N–C) groups is 1. The standard InChI is InChI=1S/C20H32N4O2/c1-5-15-8-6-10-17(12-15)23-18(21)22-13-16-9-7-11-24(14-16)19(25)26-20(2,3)4/h6,8,10,12,16H,5,7,9,11,13-14H2,1-4H3,(H3,21,22,23). The maximum atomic E-state index is 12.2. The summed E-state index contributed by atoms with van der Waals surface area (Å²) in [6, 6.07) is 8.15. The van der Waals surface area contributed by atoms with Gasteiger partial charge < -0.3 is 20.7 Å². The van der Waals surface area contributed by atoms with Crippen LogP contribution in [0.25, 0.3) is 0 Å². The average molecular weight is 361 g/mol. The van der Waals surface area contributed by atoms with Crippen LogP contribution in [0.1, 0.15) is 46.1 Å². The van der Waals surface area contributed by atoms with Gasteiger partial charge in [0.1, 0.15) is 5.60 Å². The summed E-state index contributed by atoms with van der Waals surface area (Å²) >= 11 is 0. The van der Waals surface area contributed by atoms with E-state index in [9.17, 15) is 4.79 Å². The summed E-state index contributed by atoms with van der Waals surface area (Å²) in [6.07, 6.45) is 2.75. The van der Waals surface area contributed by atoms with Crippen molar-refractivity contribution in [2.75, 3.05) is 25.0 Å². The maximum absolute atomic E-state index is 12.2. The number of rotatable bonds is 4. The molecule has 0 radical (unpaired) electrons. The van der Waals surface area contributed by atoms with Crippen LogP contribution in [-0.4, -0.2) is 42.2 Å². The molecule has 0 saturated carbocycles. The van der Waals surface area contributed by atoms with Crippen LogP contribution in [0.5, 0.6) is 0 Å². The summed E-state index contributed by atoms with van der Waals surface area (Å²) < 4.78 is 5.47. The number of aryl methyl sites for hydroxylation is 1. The Labute approximate surface area is 156 Å². The van der Waals surface area contributed by atoms with Gasteiger partial charge >= 0.3 is 6.09 Å². The molecule has 1 aromatic rings. The van der Waals surface area contributed by atoms with E-state index in [1.807, 2.05) is 32.9 Å². The Bertz CT molecular complexity index is 637. The number of guanidine groups is 1. The number of nitrogens with two attached hydrogens (primary N) is 1. The number of carbonyl (C=O) groups is 1. The van der Waals surface area contributed by atoms with E-state index in [2.05, 4.69) is 29.4 Å². The molecule has 0 bridgehead atoms. The molecule has 1 amide bonds. The lowest BCUT2D eigenvalue weighted by Crippen LogP contribution is -2.43. The van der Waals surface area contributed by atoms with Crippen LogP contribution in [0.2, 0.25) is 0 Å². The van der Waals surface area contributed by atoms with Crippen LogP contribution in [-0.2, 0) is 11.2 Å². The molecule has 1 fully saturated rings. The number of benzene rings is 1. The first kappa shape index (κ1) is 20.1. The first-order chi connectivity index (χ1) is 12.3. The molecular formula is C20H32N4O2. The van der Waals surface area contributed by atoms with Gasteiger partial charge in [-0.25, -0.2) is 4.79 Å². The zero-order chi connectivity index (χ0) is 19.2. The number of nitrogens with zero attached hydrogens (tertiary/aromatic N) is 2. The van der Waals surface area contributed by atoms with Crippen molar-refractivity contribution in [3.8, 4) is 0 Å². The molecule has 6 heteroatoms. The Hall–Kier alpha value is -2.24. The SMILES string of the molecule is CCc1cccc(NC(N)=NCC2CCCN(C(=O)OC(C)(C)C)C2)c1. The smallest absolute Gasteiger partial charge is 0.410 e. The lowest BCUT2D eigenvalue weighted by molar-refractivity contribution is 0.0171. The van der Waals surface area contributed by atoms with Crippen molar-refractivity contribution in [2.45, 2.75) is 52.6 Å². The lowest BCUT2D eigenvalue weighted by Gasteiger charge is -2.33. The number of amides is 1. The molecule has 1 heterocycles. The molecule has 6 nitrogen and oxygen atoms in total. The molecule has 1 aliphatic heterocycles. The number of likely N-dealkylation sites (tertiary alicyclic amines) is 1. The Balaban J connectivity index is 1.87. The van der Waals surface area contributed by atoms with Gasteiger partial charge in [0.2, 0.25) is 0 Å². The van der Waals surface area contributed by atoms with Crippen molar-refractivity contribution >= 4 is 17.7 Å². The van der Waals surface area contributed by atoms with E-state index in [1.165, 1.54) is 5.56 Å². The van der Waals surface area contributed by atoms with Crippen molar-refractivity contribution < 1.29 is 9.53 Å². The highest BCUT2D eigenvalue weighted by molar-refractivity contribution is 5.92. The Kier molecular flexibility index (Phi) is 6.89. The molecule has 144 valence electrons. The zero-order valence-electron chi connectivity index (χ0n) is 16.4. The van der Waals surface area contributed by atoms with Crippen molar-refractivity contribution in [2.24, 2.45) is 16.6 Å². The van der Waals surface area contributed by atoms with Crippen LogP contribution >= 0.6 is 0 Å². The van der Waals surface area contributed by atoms with Crippen LogP contribution in [0.3, 0.4) is 0 Å².